The molecule has 0 saturated heterocycles. The Hall–Kier alpha value is -0.900. The first kappa shape index (κ1) is 13.1. The van der Waals surface area contributed by atoms with E-state index in [-0.39, 0.29) is 5.75 Å². The van der Waals surface area contributed by atoms with Crippen LogP contribution in [-0.2, 0) is 9.53 Å². The Kier molecular flexibility index (Phi) is 5.38. The first-order valence-corrected chi connectivity index (χ1v) is 4.68. The molecule has 0 fully saturated rings. The molecule has 7 heteroatoms. The number of nitrogens with zero attached hydrogens (tertiary/aromatic N) is 1. The standard InChI is InChI=1S/C7H8F3NO2S/c1-13-6(12)4-14-3-5(2-11)7(8,9)10/h5H,3-4H2,1H3. The molecule has 0 heterocycles. The van der Waals surface area contributed by atoms with Crippen LogP contribution in [0.4, 0.5) is 13.2 Å². The van der Waals surface area contributed by atoms with Crippen molar-refractivity contribution in [1.29, 1.82) is 5.26 Å². The number of ether oxygens (including phenoxy) is 1. The topological polar surface area (TPSA) is 50.1 Å². The zero-order valence-electron chi connectivity index (χ0n) is 7.30. The van der Waals surface area contributed by atoms with Gasteiger partial charge in [-0.05, 0) is 0 Å². The number of hydrogen-bond acceptors (Lipinski definition) is 4. The average Bonchev–Trinajstić information content (AvgIpc) is 2.09. The molecule has 0 bridgehead atoms. The Morgan fingerprint density at radius 1 is 1.64 bits per heavy atom. The highest BCUT2D eigenvalue weighted by atomic mass is 32.2. The molecule has 0 rings (SSSR count). The predicted molar refractivity (Wildman–Crippen MR) is 44.5 cm³/mol. The van der Waals surface area contributed by atoms with Gasteiger partial charge in [0.15, 0.2) is 5.92 Å². The molecule has 0 N–H and O–H groups in total. The molecule has 0 aliphatic carbocycles. The summed E-state index contributed by atoms with van der Waals surface area (Å²) in [5.74, 6) is -3.26. The molecule has 0 amide bonds. The summed E-state index contributed by atoms with van der Waals surface area (Å²) in [5, 5.41) is 8.18. The largest absolute Gasteiger partial charge is 0.468 e. The third-order valence-corrected chi connectivity index (χ3v) is 2.29. The second-order valence-corrected chi connectivity index (χ2v) is 3.34. The molecule has 1 atom stereocenters. The predicted octanol–water partition coefficient (Wildman–Crippen LogP) is 1.59. The van der Waals surface area contributed by atoms with Crippen molar-refractivity contribution < 1.29 is 22.7 Å². The Bertz CT molecular complexity index is 236. The van der Waals surface area contributed by atoms with Gasteiger partial charge in [-0.1, -0.05) is 0 Å². The fourth-order valence-electron chi connectivity index (χ4n) is 0.524. The van der Waals surface area contributed by atoms with E-state index < -0.39 is 23.8 Å². The van der Waals surface area contributed by atoms with E-state index >= 15 is 0 Å². The van der Waals surface area contributed by atoms with Crippen LogP contribution < -0.4 is 0 Å². The van der Waals surface area contributed by atoms with Crippen molar-refractivity contribution in [2.75, 3.05) is 18.6 Å². The molecule has 0 aliphatic rings. The maximum Gasteiger partial charge on any atom is 0.405 e. The Balaban J connectivity index is 3.88. The van der Waals surface area contributed by atoms with Crippen LogP contribution in [0.5, 0.6) is 0 Å². The van der Waals surface area contributed by atoms with E-state index in [2.05, 4.69) is 4.74 Å². The first-order valence-electron chi connectivity index (χ1n) is 3.52. The maximum atomic E-state index is 12.0. The number of thioether (sulfide) groups is 1. The summed E-state index contributed by atoms with van der Waals surface area (Å²) in [7, 11) is 1.15. The van der Waals surface area contributed by atoms with Crippen molar-refractivity contribution in [3.63, 3.8) is 0 Å². The minimum absolute atomic E-state index is 0.176. The van der Waals surface area contributed by atoms with E-state index in [9.17, 15) is 18.0 Å². The lowest BCUT2D eigenvalue weighted by Gasteiger charge is -2.11. The smallest absolute Gasteiger partial charge is 0.405 e. The van der Waals surface area contributed by atoms with Gasteiger partial charge in [0.05, 0.1) is 18.9 Å². The third kappa shape index (κ3) is 4.97. The van der Waals surface area contributed by atoms with E-state index in [1.165, 1.54) is 0 Å². The second kappa shape index (κ2) is 5.75. The molecule has 0 saturated carbocycles. The summed E-state index contributed by atoms with van der Waals surface area (Å²) < 4.78 is 40.2. The molecule has 0 aromatic heterocycles. The van der Waals surface area contributed by atoms with Crippen LogP contribution in [0.25, 0.3) is 0 Å². The van der Waals surface area contributed by atoms with Gasteiger partial charge in [0, 0.05) is 5.75 Å². The Morgan fingerprint density at radius 3 is 2.57 bits per heavy atom. The third-order valence-electron chi connectivity index (χ3n) is 1.28. The van der Waals surface area contributed by atoms with Gasteiger partial charge in [0.25, 0.3) is 0 Å². The molecule has 0 aromatic carbocycles. The van der Waals surface area contributed by atoms with Gasteiger partial charge in [-0.2, -0.15) is 18.4 Å². The number of nitriles is 1. The number of alkyl halides is 3. The van der Waals surface area contributed by atoms with Gasteiger partial charge < -0.3 is 4.74 Å². The molecule has 80 valence electrons. The summed E-state index contributed by atoms with van der Waals surface area (Å²) in [4.78, 5) is 10.5. The fraction of sp³-hybridized carbons (Fsp3) is 0.714. The Labute approximate surface area is 83.2 Å². The zero-order valence-corrected chi connectivity index (χ0v) is 8.11. The second-order valence-electron chi connectivity index (χ2n) is 2.31. The van der Waals surface area contributed by atoms with Crippen LogP contribution in [-0.4, -0.2) is 30.8 Å². The highest BCUT2D eigenvalue weighted by Crippen LogP contribution is 2.28. The zero-order chi connectivity index (χ0) is 11.2. The summed E-state index contributed by atoms with van der Waals surface area (Å²) in [6.07, 6.45) is -4.53. The van der Waals surface area contributed by atoms with Crippen molar-refractivity contribution >= 4 is 17.7 Å². The minimum Gasteiger partial charge on any atom is -0.468 e. The number of hydrogen-bond donors (Lipinski definition) is 0. The Morgan fingerprint density at radius 2 is 2.21 bits per heavy atom. The van der Waals surface area contributed by atoms with Crippen molar-refractivity contribution in [3.8, 4) is 6.07 Å². The maximum absolute atomic E-state index is 12.0. The van der Waals surface area contributed by atoms with E-state index in [4.69, 9.17) is 5.26 Å². The molecule has 0 spiro atoms. The number of esters is 1. The number of methoxy groups -OCH3 is 1. The summed E-state index contributed by atoms with van der Waals surface area (Å²) in [5.41, 5.74) is 0. The van der Waals surface area contributed by atoms with Crippen molar-refractivity contribution in [3.05, 3.63) is 0 Å². The summed E-state index contributed by atoms with van der Waals surface area (Å²) in [6, 6.07) is 1.14. The van der Waals surface area contributed by atoms with Crippen molar-refractivity contribution in [2.45, 2.75) is 6.18 Å². The highest BCUT2D eigenvalue weighted by Gasteiger charge is 2.39. The highest BCUT2D eigenvalue weighted by molar-refractivity contribution is 7.99. The molecule has 3 nitrogen and oxygen atoms in total. The summed E-state index contributed by atoms with van der Waals surface area (Å²) in [6.45, 7) is 0. The average molecular weight is 227 g/mol. The van der Waals surface area contributed by atoms with Crippen LogP contribution in [0, 0.1) is 17.2 Å². The fourth-order valence-corrected chi connectivity index (χ4v) is 1.43. The molecular formula is C7H8F3NO2S. The molecule has 1 unspecified atom stereocenters. The quantitative estimate of drug-likeness (QED) is 0.684. The normalized spacial score (nSPS) is 13.1. The van der Waals surface area contributed by atoms with Gasteiger partial charge in [0.2, 0.25) is 0 Å². The monoisotopic (exact) mass is 227 g/mol. The van der Waals surface area contributed by atoms with E-state index in [0.717, 1.165) is 24.9 Å². The molecule has 0 radical (unpaired) electrons. The lowest BCUT2D eigenvalue weighted by atomic mass is 10.2. The van der Waals surface area contributed by atoms with Gasteiger partial charge in [-0.25, -0.2) is 0 Å². The van der Waals surface area contributed by atoms with Gasteiger partial charge >= 0.3 is 12.1 Å². The number of carbonyl (C=O) groups excluding carboxylic acids is 1. The van der Waals surface area contributed by atoms with Crippen LogP contribution in [0.3, 0.4) is 0 Å². The first-order chi connectivity index (χ1) is 6.41. The summed E-state index contributed by atoms with van der Waals surface area (Å²) >= 11 is 0.728. The van der Waals surface area contributed by atoms with E-state index in [0.29, 0.717) is 0 Å². The number of carbonyl (C=O) groups is 1. The molecule has 0 aromatic rings. The van der Waals surface area contributed by atoms with Crippen LogP contribution in [0.2, 0.25) is 0 Å². The van der Waals surface area contributed by atoms with Crippen LogP contribution in [0.1, 0.15) is 0 Å². The van der Waals surface area contributed by atoms with Gasteiger partial charge in [0.1, 0.15) is 0 Å². The van der Waals surface area contributed by atoms with Crippen molar-refractivity contribution in [2.24, 2.45) is 5.92 Å². The molecule has 14 heavy (non-hydrogen) atoms. The van der Waals surface area contributed by atoms with Crippen LogP contribution >= 0.6 is 11.8 Å². The van der Waals surface area contributed by atoms with E-state index in [1.807, 2.05) is 0 Å². The minimum atomic E-state index is -4.53. The number of halogens is 3. The SMILES string of the molecule is COC(=O)CSCC(C#N)C(F)(F)F. The van der Waals surface area contributed by atoms with Gasteiger partial charge in [-0.15, -0.1) is 11.8 Å². The lowest BCUT2D eigenvalue weighted by molar-refractivity contribution is -0.153. The number of rotatable bonds is 4. The van der Waals surface area contributed by atoms with Crippen molar-refractivity contribution in [1.82, 2.24) is 0 Å². The van der Waals surface area contributed by atoms with E-state index in [1.54, 1.807) is 0 Å². The molecular weight excluding hydrogens is 219 g/mol. The van der Waals surface area contributed by atoms with Gasteiger partial charge in [-0.3, -0.25) is 4.79 Å². The lowest BCUT2D eigenvalue weighted by Crippen LogP contribution is -2.24. The van der Waals surface area contributed by atoms with Crippen LogP contribution in [0.15, 0.2) is 0 Å². The molecule has 0 aliphatic heterocycles.